The third-order valence-electron chi connectivity index (χ3n) is 1.34. The SMILES string of the molecule is CC(CCC(=O)O)COCO. The molecule has 0 heterocycles. The largest absolute Gasteiger partial charge is 0.481 e. The van der Waals surface area contributed by atoms with Gasteiger partial charge in [0.1, 0.15) is 6.79 Å². The molecular formula is C7H14O4. The van der Waals surface area contributed by atoms with Gasteiger partial charge in [-0.25, -0.2) is 0 Å². The van der Waals surface area contributed by atoms with Gasteiger partial charge in [0.25, 0.3) is 0 Å². The van der Waals surface area contributed by atoms with Gasteiger partial charge in [0, 0.05) is 6.42 Å². The highest BCUT2D eigenvalue weighted by Crippen LogP contribution is 2.05. The molecule has 0 amide bonds. The summed E-state index contributed by atoms with van der Waals surface area (Å²) in [6.07, 6.45) is 0.755. The number of carboxylic acids is 1. The van der Waals surface area contributed by atoms with Crippen molar-refractivity contribution in [1.82, 2.24) is 0 Å². The minimum atomic E-state index is -0.791. The molecule has 0 rings (SSSR count). The van der Waals surface area contributed by atoms with Crippen LogP contribution in [0.5, 0.6) is 0 Å². The average Bonchev–Trinajstić information content (AvgIpc) is 1.97. The molecule has 0 aromatic rings. The number of carbonyl (C=O) groups is 1. The zero-order chi connectivity index (χ0) is 8.69. The quantitative estimate of drug-likeness (QED) is 0.556. The van der Waals surface area contributed by atoms with Crippen LogP contribution in [0, 0.1) is 5.92 Å². The van der Waals surface area contributed by atoms with E-state index in [1.54, 1.807) is 0 Å². The van der Waals surface area contributed by atoms with E-state index in [0.29, 0.717) is 13.0 Å². The molecule has 0 aromatic carbocycles. The molecule has 1 unspecified atom stereocenters. The molecule has 4 nitrogen and oxygen atoms in total. The van der Waals surface area contributed by atoms with Crippen molar-refractivity contribution < 1.29 is 19.7 Å². The predicted molar refractivity (Wildman–Crippen MR) is 39.1 cm³/mol. The van der Waals surface area contributed by atoms with Crippen LogP contribution in [0.3, 0.4) is 0 Å². The van der Waals surface area contributed by atoms with Gasteiger partial charge >= 0.3 is 5.97 Å². The first-order chi connectivity index (χ1) is 5.16. The summed E-state index contributed by atoms with van der Waals surface area (Å²) in [5, 5.41) is 16.6. The summed E-state index contributed by atoms with van der Waals surface area (Å²) in [6, 6.07) is 0. The van der Waals surface area contributed by atoms with E-state index in [9.17, 15) is 4.79 Å². The summed E-state index contributed by atoms with van der Waals surface area (Å²) < 4.78 is 4.69. The second-order valence-corrected chi connectivity index (χ2v) is 2.54. The minimum Gasteiger partial charge on any atom is -0.481 e. The van der Waals surface area contributed by atoms with E-state index >= 15 is 0 Å². The molecule has 0 saturated carbocycles. The Bertz CT molecular complexity index is 113. The molecule has 0 aliphatic rings. The van der Waals surface area contributed by atoms with Crippen molar-refractivity contribution >= 4 is 5.97 Å². The van der Waals surface area contributed by atoms with E-state index in [4.69, 9.17) is 14.9 Å². The number of aliphatic hydroxyl groups excluding tert-OH is 1. The Morgan fingerprint density at radius 1 is 1.64 bits per heavy atom. The summed E-state index contributed by atoms with van der Waals surface area (Å²) in [7, 11) is 0. The minimum absolute atomic E-state index is 0.163. The maximum Gasteiger partial charge on any atom is 0.303 e. The van der Waals surface area contributed by atoms with E-state index in [-0.39, 0.29) is 19.1 Å². The van der Waals surface area contributed by atoms with Gasteiger partial charge in [-0.3, -0.25) is 4.79 Å². The Balaban J connectivity index is 3.22. The topological polar surface area (TPSA) is 66.8 Å². The Kier molecular flexibility index (Phi) is 5.78. The van der Waals surface area contributed by atoms with Crippen molar-refractivity contribution in [3.8, 4) is 0 Å². The van der Waals surface area contributed by atoms with Crippen molar-refractivity contribution in [2.75, 3.05) is 13.4 Å². The fourth-order valence-corrected chi connectivity index (χ4v) is 0.707. The Morgan fingerprint density at radius 3 is 2.73 bits per heavy atom. The van der Waals surface area contributed by atoms with Crippen molar-refractivity contribution in [2.24, 2.45) is 5.92 Å². The van der Waals surface area contributed by atoms with Crippen molar-refractivity contribution in [3.05, 3.63) is 0 Å². The fraction of sp³-hybridized carbons (Fsp3) is 0.857. The van der Waals surface area contributed by atoms with Gasteiger partial charge < -0.3 is 14.9 Å². The molecule has 11 heavy (non-hydrogen) atoms. The monoisotopic (exact) mass is 162 g/mol. The number of aliphatic hydroxyl groups is 1. The maximum atomic E-state index is 10.1. The fourth-order valence-electron chi connectivity index (χ4n) is 0.707. The lowest BCUT2D eigenvalue weighted by atomic mass is 10.1. The standard InChI is InChI=1S/C7H14O4/c1-6(4-11-5-8)2-3-7(9)10/h6,8H,2-5H2,1H3,(H,9,10). The van der Waals surface area contributed by atoms with E-state index < -0.39 is 5.97 Å². The summed E-state index contributed by atoms with van der Waals surface area (Å²) in [6.45, 7) is 2.01. The Hall–Kier alpha value is -0.610. The lowest BCUT2D eigenvalue weighted by Crippen LogP contribution is -2.08. The zero-order valence-corrected chi connectivity index (χ0v) is 6.62. The first kappa shape index (κ1) is 10.4. The molecule has 0 spiro atoms. The van der Waals surface area contributed by atoms with Gasteiger partial charge in [0.15, 0.2) is 0 Å². The van der Waals surface area contributed by atoms with Gasteiger partial charge in [-0.15, -0.1) is 0 Å². The molecule has 2 N–H and O–H groups in total. The van der Waals surface area contributed by atoms with Crippen LogP contribution in [0.25, 0.3) is 0 Å². The van der Waals surface area contributed by atoms with Crippen molar-refractivity contribution in [1.29, 1.82) is 0 Å². The highest BCUT2D eigenvalue weighted by molar-refractivity contribution is 5.66. The third-order valence-corrected chi connectivity index (χ3v) is 1.34. The molecule has 0 fully saturated rings. The summed E-state index contributed by atoms with van der Waals surface area (Å²) in [4.78, 5) is 10.1. The molecule has 1 atom stereocenters. The smallest absolute Gasteiger partial charge is 0.303 e. The van der Waals surface area contributed by atoms with Gasteiger partial charge in [-0.2, -0.15) is 0 Å². The lowest BCUT2D eigenvalue weighted by molar-refractivity contribution is -0.137. The van der Waals surface area contributed by atoms with Crippen LogP contribution in [-0.4, -0.2) is 29.6 Å². The van der Waals surface area contributed by atoms with E-state index in [1.165, 1.54) is 0 Å². The van der Waals surface area contributed by atoms with Crippen LogP contribution in [0.2, 0.25) is 0 Å². The highest BCUT2D eigenvalue weighted by atomic mass is 16.6. The average molecular weight is 162 g/mol. The second-order valence-electron chi connectivity index (χ2n) is 2.54. The van der Waals surface area contributed by atoms with Crippen LogP contribution in [0.15, 0.2) is 0 Å². The molecule has 66 valence electrons. The van der Waals surface area contributed by atoms with Crippen LogP contribution in [-0.2, 0) is 9.53 Å². The third kappa shape index (κ3) is 7.29. The first-order valence-corrected chi connectivity index (χ1v) is 3.57. The van der Waals surface area contributed by atoms with Crippen LogP contribution in [0.1, 0.15) is 19.8 Å². The Morgan fingerprint density at radius 2 is 2.27 bits per heavy atom. The van der Waals surface area contributed by atoms with Crippen molar-refractivity contribution in [3.63, 3.8) is 0 Å². The summed E-state index contributed by atoms with van der Waals surface area (Å²) in [5.74, 6) is -0.598. The number of rotatable bonds is 6. The van der Waals surface area contributed by atoms with Crippen molar-refractivity contribution in [2.45, 2.75) is 19.8 Å². The number of ether oxygens (including phenoxy) is 1. The van der Waals surface area contributed by atoms with E-state index in [1.807, 2.05) is 6.92 Å². The number of hydrogen-bond donors (Lipinski definition) is 2. The van der Waals surface area contributed by atoms with Crippen LogP contribution >= 0.6 is 0 Å². The van der Waals surface area contributed by atoms with Crippen LogP contribution in [0.4, 0.5) is 0 Å². The lowest BCUT2D eigenvalue weighted by Gasteiger charge is -2.07. The van der Waals surface area contributed by atoms with E-state index in [0.717, 1.165) is 0 Å². The van der Waals surface area contributed by atoms with Crippen LogP contribution < -0.4 is 0 Å². The normalized spacial score (nSPS) is 12.9. The van der Waals surface area contributed by atoms with Gasteiger partial charge in [0.05, 0.1) is 6.61 Å². The number of aliphatic carboxylic acids is 1. The second kappa shape index (κ2) is 6.12. The van der Waals surface area contributed by atoms with Gasteiger partial charge in [0.2, 0.25) is 0 Å². The summed E-state index contributed by atoms with van der Waals surface area (Å²) >= 11 is 0. The molecule has 0 aliphatic heterocycles. The van der Waals surface area contributed by atoms with Gasteiger partial charge in [-0.05, 0) is 12.3 Å². The molecular weight excluding hydrogens is 148 g/mol. The predicted octanol–water partition coefficient (Wildman–Crippen LogP) is 0.454. The molecule has 0 aromatic heterocycles. The molecule has 0 aliphatic carbocycles. The summed E-state index contributed by atoms with van der Waals surface area (Å²) in [5.41, 5.74) is 0. The highest BCUT2D eigenvalue weighted by Gasteiger charge is 2.04. The maximum absolute atomic E-state index is 10.1. The molecule has 4 heteroatoms. The molecule has 0 radical (unpaired) electrons. The van der Waals surface area contributed by atoms with Gasteiger partial charge in [-0.1, -0.05) is 6.92 Å². The first-order valence-electron chi connectivity index (χ1n) is 3.57. The Labute approximate surface area is 65.8 Å². The zero-order valence-electron chi connectivity index (χ0n) is 6.62. The van der Waals surface area contributed by atoms with E-state index in [2.05, 4.69) is 0 Å². The molecule has 0 saturated heterocycles. The number of hydrogen-bond acceptors (Lipinski definition) is 3. The number of carboxylic acid groups (broad SMARTS) is 1. The molecule has 0 bridgehead atoms.